The number of benzene rings is 3. The van der Waals surface area contributed by atoms with Crippen LogP contribution in [0.25, 0.3) is 10.9 Å². The van der Waals surface area contributed by atoms with Crippen molar-refractivity contribution in [3.8, 4) is 5.75 Å². The van der Waals surface area contributed by atoms with Crippen LogP contribution in [0.5, 0.6) is 5.75 Å². The van der Waals surface area contributed by atoms with Gasteiger partial charge >= 0.3 is 11.9 Å². The zero-order valence-electron chi connectivity index (χ0n) is 34.1. The summed E-state index contributed by atoms with van der Waals surface area (Å²) in [5.41, 5.74) is 4.44. The number of allylic oxidation sites excluding steroid dienone is 2. The first-order valence-electron chi connectivity index (χ1n) is 21.5. The number of aliphatic hydroxyl groups excluding tert-OH is 3. The van der Waals surface area contributed by atoms with Gasteiger partial charge in [-0.05, 0) is 124 Å². The topological polar surface area (TPSA) is 166 Å². The molecule has 6 rings (SSSR count). The molecule has 1 saturated heterocycles. The molecule has 12 heteroatoms. The summed E-state index contributed by atoms with van der Waals surface area (Å²) in [6.07, 6.45) is 12.3. The van der Waals surface area contributed by atoms with Crippen LogP contribution in [0.2, 0.25) is 0 Å². The second kappa shape index (κ2) is 23.1. The molecule has 318 valence electrons. The molecule has 5 N–H and O–H groups in total. The summed E-state index contributed by atoms with van der Waals surface area (Å²) < 4.78 is 16.3. The molecular weight excluding hydrogens is 749 g/mol. The number of fused-ring (bicyclic) bond motifs is 1. The number of nitrogens with one attached hydrogen (secondary N) is 2. The van der Waals surface area contributed by atoms with Crippen LogP contribution in [0, 0.1) is 11.8 Å². The number of aliphatic hydroxyl groups is 3. The Balaban J connectivity index is 0.783. The minimum atomic E-state index is -0.566. The van der Waals surface area contributed by atoms with E-state index in [9.17, 15) is 24.9 Å². The number of anilines is 1. The third kappa shape index (κ3) is 14.5. The van der Waals surface area contributed by atoms with E-state index < -0.39 is 24.3 Å². The maximum atomic E-state index is 12.3. The number of aromatic nitrogens is 2. The molecule has 1 aliphatic carbocycles. The number of piperidine rings is 1. The van der Waals surface area contributed by atoms with Crippen molar-refractivity contribution in [3.05, 3.63) is 102 Å². The standard InChI is InChI=1S/C47H62N4O8/c52-39(20-18-34-11-4-3-5-12-34)21-22-42-41(44(53)29-45(42)54)16-6-1-2-7-17-46(55)57-25-10-26-58-47(56)33-59-40-15-8-13-35(27-40)31-51-24-9-14-38(32-51)49-37-19-23-43-36(28-37)30-48-50-43/h1,3-6,8,11-13,15,19,23,27-28,30,38-39,41-42,44-45,49,52-54H,2,7,9-10,14,16-18,20-22,24-26,29,31-33H2,(H,48,50)/t38-,39-,41+,42+,44+,45+/m0/s1. The summed E-state index contributed by atoms with van der Waals surface area (Å²) in [6.45, 7) is 2.84. The molecule has 1 aromatic heterocycles. The number of nitrogens with zero attached hydrogens (tertiary/aromatic N) is 2. The third-order valence-corrected chi connectivity index (χ3v) is 11.6. The summed E-state index contributed by atoms with van der Waals surface area (Å²) in [4.78, 5) is 27.0. The zero-order valence-corrected chi connectivity index (χ0v) is 34.1. The first kappa shape index (κ1) is 43.8. The van der Waals surface area contributed by atoms with E-state index in [1.165, 1.54) is 5.56 Å². The number of carbonyl (C=O) groups excluding carboxylic acids is 2. The van der Waals surface area contributed by atoms with Crippen LogP contribution in [-0.2, 0) is 32.0 Å². The minimum absolute atomic E-state index is 0.0520. The minimum Gasteiger partial charge on any atom is -0.482 e. The maximum absolute atomic E-state index is 12.3. The van der Waals surface area contributed by atoms with E-state index in [-0.39, 0.29) is 44.0 Å². The number of likely N-dealkylation sites (tertiary alicyclic amines) is 1. The Morgan fingerprint density at radius 1 is 0.915 bits per heavy atom. The van der Waals surface area contributed by atoms with Gasteiger partial charge in [0.15, 0.2) is 6.61 Å². The van der Waals surface area contributed by atoms with Crippen molar-refractivity contribution in [1.29, 1.82) is 0 Å². The molecule has 59 heavy (non-hydrogen) atoms. The lowest BCUT2D eigenvalue weighted by Gasteiger charge is -2.33. The van der Waals surface area contributed by atoms with E-state index >= 15 is 0 Å². The van der Waals surface area contributed by atoms with Crippen LogP contribution < -0.4 is 10.1 Å². The van der Waals surface area contributed by atoms with Crippen molar-refractivity contribution in [2.24, 2.45) is 11.8 Å². The molecular formula is C47H62N4O8. The van der Waals surface area contributed by atoms with Crippen LogP contribution >= 0.6 is 0 Å². The number of aromatic amines is 1. The average molecular weight is 811 g/mol. The van der Waals surface area contributed by atoms with Crippen molar-refractivity contribution in [3.63, 3.8) is 0 Å². The van der Waals surface area contributed by atoms with Gasteiger partial charge < -0.3 is 34.8 Å². The molecule has 2 heterocycles. The fraction of sp³-hybridized carbons (Fsp3) is 0.511. The molecule has 0 spiro atoms. The van der Waals surface area contributed by atoms with Gasteiger partial charge in [0, 0.05) is 43.0 Å². The summed E-state index contributed by atoms with van der Waals surface area (Å²) in [5.74, 6) is -0.262. The zero-order chi connectivity index (χ0) is 41.2. The lowest BCUT2D eigenvalue weighted by atomic mass is 9.85. The Kier molecular flexibility index (Phi) is 17.2. The first-order chi connectivity index (χ1) is 28.8. The second-order valence-corrected chi connectivity index (χ2v) is 16.2. The monoisotopic (exact) mass is 810 g/mol. The van der Waals surface area contributed by atoms with Crippen LogP contribution in [0.4, 0.5) is 5.69 Å². The number of ether oxygens (including phenoxy) is 3. The highest BCUT2D eigenvalue weighted by molar-refractivity contribution is 5.81. The van der Waals surface area contributed by atoms with Crippen LogP contribution in [0.15, 0.2) is 91.1 Å². The van der Waals surface area contributed by atoms with E-state index in [0.717, 1.165) is 61.1 Å². The van der Waals surface area contributed by atoms with Crippen molar-refractivity contribution < 1.29 is 39.1 Å². The number of unbranched alkanes of at least 4 members (excludes halogenated alkanes) is 1. The number of H-pyrrole nitrogens is 1. The number of hydrogen-bond acceptors (Lipinski definition) is 11. The highest BCUT2D eigenvalue weighted by atomic mass is 16.6. The predicted octanol–water partition coefficient (Wildman–Crippen LogP) is 6.74. The molecule has 0 unspecified atom stereocenters. The fourth-order valence-corrected chi connectivity index (χ4v) is 8.41. The molecule has 0 radical (unpaired) electrons. The van der Waals surface area contributed by atoms with Crippen LogP contribution in [0.3, 0.4) is 0 Å². The number of hydrogen-bond donors (Lipinski definition) is 5. The van der Waals surface area contributed by atoms with Gasteiger partial charge in [0.05, 0.1) is 43.2 Å². The highest BCUT2D eigenvalue weighted by Crippen LogP contribution is 2.38. The lowest BCUT2D eigenvalue weighted by molar-refractivity contribution is -0.147. The summed E-state index contributed by atoms with van der Waals surface area (Å²) in [6, 6.07) is 24.5. The molecule has 4 aromatic rings. The molecule has 0 amide bonds. The number of rotatable bonds is 23. The maximum Gasteiger partial charge on any atom is 0.344 e. The summed E-state index contributed by atoms with van der Waals surface area (Å²) in [7, 11) is 0. The quantitative estimate of drug-likeness (QED) is 0.0306. The van der Waals surface area contributed by atoms with E-state index in [2.05, 4.69) is 50.7 Å². The summed E-state index contributed by atoms with van der Waals surface area (Å²) >= 11 is 0. The Hall–Kier alpha value is -4.75. The van der Waals surface area contributed by atoms with Crippen LogP contribution in [0.1, 0.15) is 81.8 Å². The predicted molar refractivity (Wildman–Crippen MR) is 228 cm³/mol. The molecule has 2 fully saturated rings. The lowest BCUT2D eigenvalue weighted by Crippen LogP contribution is -2.41. The molecule has 12 nitrogen and oxygen atoms in total. The smallest absolute Gasteiger partial charge is 0.344 e. The van der Waals surface area contributed by atoms with E-state index in [1.807, 2.05) is 60.8 Å². The van der Waals surface area contributed by atoms with E-state index in [1.54, 1.807) is 0 Å². The Morgan fingerprint density at radius 3 is 2.59 bits per heavy atom. The third-order valence-electron chi connectivity index (χ3n) is 11.6. The Labute approximate surface area is 347 Å². The molecule has 0 bridgehead atoms. The normalized spacial score (nSPS) is 21.4. The number of carbonyl (C=O) groups is 2. The van der Waals surface area contributed by atoms with Gasteiger partial charge in [-0.3, -0.25) is 14.8 Å². The summed E-state index contributed by atoms with van der Waals surface area (Å²) in [5, 5.41) is 43.6. The molecule has 1 aliphatic heterocycles. The fourth-order valence-electron chi connectivity index (χ4n) is 8.41. The van der Waals surface area contributed by atoms with Gasteiger partial charge in [0.2, 0.25) is 0 Å². The van der Waals surface area contributed by atoms with E-state index in [4.69, 9.17) is 14.2 Å². The van der Waals surface area contributed by atoms with Crippen molar-refractivity contribution >= 4 is 28.5 Å². The van der Waals surface area contributed by atoms with Gasteiger partial charge in [-0.25, -0.2) is 4.79 Å². The number of aryl methyl sites for hydroxylation is 1. The molecule has 1 saturated carbocycles. The SMILES string of the molecule is O=C(CCCC=CC[C@@H]1[C@@H](CC[C@@H](O)CCc2ccccc2)[C@H](O)C[C@H]1O)OCCCOC(=O)COc1cccc(CN2CCC[C@H](Nc3ccc4[nH]ncc4c3)C2)c1. The Bertz CT molecular complexity index is 1900. The highest BCUT2D eigenvalue weighted by Gasteiger charge is 2.40. The number of esters is 2. The van der Waals surface area contributed by atoms with Gasteiger partial charge in [-0.15, -0.1) is 0 Å². The van der Waals surface area contributed by atoms with Crippen molar-refractivity contribution in [2.45, 2.75) is 108 Å². The van der Waals surface area contributed by atoms with Gasteiger partial charge in [0.25, 0.3) is 0 Å². The van der Waals surface area contributed by atoms with Gasteiger partial charge in [-0.1, -0.05) is 54.6 Å². The molecule has 2 aliphatic rings. The second-order valence-electron chi connectivity index (χ2n) is 16.2. The first-order valence-corrected chi connectivity index (χ1v) is 21.5. The largest absolute Gasteiger partial charge is 0.482 e. The average Bonchev–Trinajstić information content (AvgIpc) is 3.82. The van der Waals surface area contributed by atoms with Gasteiger partial charge in [0.1, 0.15) is 5.75 Å². The van der Waals surface area contributed by atoms with Crippen molar-refractivity contribution in [1.82, 2.24) is 15.1 Å². The molecule has 6 atom stereocenters. The van der Waals surface area contributed by atoms with Gasteiger partial charge in [-0.2, -0.15) is 5.10 Å². The van der Waals surface area contributed by atoms with E-state index in [0.29, 0.717) is 63.2 Å². The molecule has 3 aromatic carbocycles. The van der Waals surface area contributed by atoms with Crippen LogP contribution in [-0.4, -0.2) is 99.6 Å². The Morgan fingerprint density at radius 2 is 1.73 bits per heavy atom. The van der Waals surface area contributed by atoms with Crippen molar-refractivity contribution in [2.75, 3.05) is 38.2 Å².